The second-order valence-electron chi connectivity index (χ2n) is 9.16. The van der Waals surface area contributed by atoms with Crippen molar-refractivity contribution in [3.8, 4) is 5.75 Å². The van der Waals surface area contributed by atoms with Gasteiger partial charge in [-0.2, -0.15) is 0 Å². The molecular formula is C27H37ClFNO. The molecule has 1 fully saturated rings. The Kier molecular flexibility index (Phi) is 9.22. The minimum absolute atomic E-state index is 0. The predicted molar refractivity (Wildman–Crippen MR) is 129 cm³/mol. The summed E-state index contributed by atoms with van der Waals surface area (Å²) in [7, 11) is 0. The number of nitrogens with zero attached hydrogens (tertiary/aromatic N) is 1. The number of ether oxygens (including phenoxy) is 1. The van der Waals surface area contributed by atoms with Gasteiger partial charge in [-0.3, -0.25) is 0 Å². The van der Waals surface area contributed by atoms with Crippen LogP contribution < -0.4 is 4.74 Å². The molecule has 31 heavy (non-hydrogen) atoms. The van der Waals surface area contributed by atoms with Gasteiger partial charge in [0.05, 0.1) is 6.61 Å². The smallest absolute Gasteiger partial charge is 0.123 e. The molecule has 2 aromatic carbocycles. The molecule has 0 aromatic heterocycles. The van der Waals surface area contributed by atoms with Gasteiger partial charge in [0.15, 0.2) is 0 Å². The van der Waals surface area contributed by atoms with Gasteiger partial charge in [-0.05, 0) is 98.5 Å². The number of fused-ring (bicyclic) bond motifs is 1. The summed E-state index contributed by atoms with van der Waals surface area (Å²) in [6, 6.07) is 13.8. The fraction of sp³-hybridized carbons (Fsp3) is 0.556. The van der Waals surface area contributed by atoms with Gasteiger partial charge in [0.2, 0.25) is 0 Å². The molecule has 2 aromatic rings. The number of hydrogen-bond donors (Lipinski definition) is 0. The number of likely N-dealkylation sites (tertiary alicyclic amines) is 1. The van der Waals surface area contributed by atoms with E-state index in [9.17, 15) is 4.39 Å². The second kappa shape index (κ2) is 11.9. The predicted octanol–water partition coefficient (Wildman–Crippen LogP) is 6.80. The highest BCUT2D eigenvalue weighted by molar-refractivity contribution is 5.85. The summed E-state index contributed by atoms with van der Waals surface area (Å²) in [6.45, 7) is 6.36. The Balaban J connectivity index is 0.00000272. The van der Waals surface area contributed by atoms with Crippen LogP contribution >= 0.6 is 12.4 Å². The maximum atomic E-state index is 13.5. The van der Waals surface area contributed by atoms with Gasteiger partial charge in [-0.25, -0.2) is 4.39 Å². The van der Waals surface area contributed by atoms with E-state index in [1.54, 1.807) is 12.1 Å². The zero-order chi connectivity index (χ0) is 20.8. The Morgan fingerprint density at radius 3 is 2.55 bits per heavy atom. The Bertz CT molecular complexity index is 809. The lowest BCUT2D eigenvalue weighted by Gasteiger charge is -2.39. The number of piperidine rings is 1. The van der Waals surface area contributed by atoms with Crippen LogP contribution in [0.4, 0.5) is 4.39 Å². The van der Waals surface area contributed by atoms with Crippen LogP contribution in [0.25, 0.3) is 0 Å². The first-order valence-electron chi connectivity index (χ1n) is 12.0. The van der Waals surface area contributed by atoms with Crippen molar-refractivity contribution in [1.29, 1.82) is 0 Å². The van der Waals surface area contributed by atoms with Gasteiger partial charge in [0.1, 0.15) is 11.6 Å². The summed E-state index contributed by atoms with van der Waals surface area (Å²) in [5.41, 5.74) is 4.22. The third-order valence-electron chi connectivity index (χ3n) is 6.98. The molecular weight excluding hydrogens is 409 g/mol. The van der Waals surface area contributed by atoms with E-state index in [-0.39, 0.29) is 18.2 Å². The summed E-state index contributed by atoms with van der Waals surface area (Å²) in [5, 5.41) is 0. The van der Waals surface area contributed by atoms with Crippen molar-refractivity contribution in [2.75, 3.05) is 26.2 Å². The zero-order valence-electron chi connectivity index (χ0n) is 18.8. The average molecular weight is 446 g/mol. The highest BCUT2D eigenvalue weighted by Gasteiger charge is 2.31. The number of halogens is 2. The molecule has 4 heteroatoms. The lowest BCUT2D eigenvalue weighted by atomic mass is 9.80. The zero-order valence-corrected chi connectivity index (χ0v) is 19.6. The van der Waals surface area contributed by atoms with Crippen molar-refractivity contribution in [2.24, 2.45) is 5.92 Å². The van der Waals surface area contributed by atoms with Gasteiger partial charge >= 0.3 is 0 Å². The first kappa shape index (κ1) is 24.1. The molecule has 0 spiro atoms. The molecule has 2 nitrogen and oxygen atoms in total. The molecule has 4 rings (SSSR count). The SMILES string of the molecule is CCCCCN1CC[C@H](c2ccc(F)cc2)[C@@H](COc2ccc3c(c2)CCCC3)C1.Cl. The van der Waals surface area contributed by atoms with E-state index in [2.05, 4.69) is 30.0 Å². The van der Waals surface area contributed by atoms with Crippen LogP contribution in [0.1, 0.15) is 68.1 Å². The third-order valence-corrected chi connectivity index (χ3v) is 6.98. The summed E-state index contributed by atoms with van der Waals surface area (Å²) in [5.74, 6) is 1.72. The quantitative estimate of drug-likeness (QED) is 0.414. The summed E-state index contributed by atoms with van der Waals surface area (Å²) in [4.78, 5) is 2.61. The highest BCUT2D eigenvalue weighted by Crippen LogP contribution is 2.34. The number of hydrogen-bond acceptors (Lipinski definition) is 2. The van der Waals surface area contributed by atoms with E-state index in [1.165, 1.54) is 68.2 Å². The van der Waals surface area contributed by atoms with Gasteiger partial charge in [0.25, 0.3) is 0 Å². The van der Waals surface area contributed by atoms with Crippen LogP contribution in [0.3, 0.4) is 0 Å². The molecule has 2 atom stereocenters. The molecule has 1 heterocycles. The second-order valence-corrected chi connectivity index (χ2v) is 9.16. The molecule has 0 N–H and O–H groups in total. The summed E-state index contributed by atoms with van der Waals surface area (Å²) < 4.78 is 19.8. The minimum atomic E-state index is -0.155. The standard InChI is InChI=1S/C27H36FNO.ClH/c1-2-3-6-16-29-17-15-27(22-9-12-25(28)13-10-22)24(19-29)20-30-26-14-11-21-7-4-5-8-23(21)18-26;/h9-14,18,24,27H,2-8,15-17,19-20H2,1H3;1H/t24-,27-;/m1./s1. The van der Waals surface area contributed by atoms with Crippen molar-refractivity contribution < 1.29 is 9.13 Å². The van der Waals surface area contributed by atoms with Crippen LogP contribution in [0, 0.1) is 11.7 Å². The van der Waals surface area contributed by atoms with Crippen LogP contribution in [-0.2, 0) is 12.8 Å². The fourth-order valence-corrected chi connectivity index (χ4v) is 5.22. The highest BCUT2D eigenvalue weighted by atomic mass is 35.5. The van der Waals surface area contributed by atoms with Crippen molar-refractivity contribution in [3.63, 3.8) is 0 Å². The van der Waals surface area contributed by atoms with Crippen LogP contribution in [-0.4, -0.2) is 31.1 Å². The van der Waals surface area contributed by atoms with Crippen LogP contribution in [0.2, 0.25) is 0 Å². The molecule has 0 bridgehead atoms. The van der Waals surface area contributed by atoms with Crippen LogP contribution in [0.5, 0.6) is 5.75 Å². The molecule has 0 unspecified atom stereocenters. The lowest BCUT2D eigenvalue weighted by molar-refractivity contribution is 0.109. The normalized spacial score (nSPS) is 21.2. The number of unbranched alkanes of at least 4 members (excludes halogenated alkanes) is 2. The number of benzene rings is 2. The Labute approximate surface area is 193 Å². The molecule has 2 aliphatic rings. The van der Waals surface area contributed by atoms with Crippen molar-refractivity contribution in [2.45, 2.75) is 64.2 Å². The van der Waals surface area contributed by atoms with Gasteiger partial charge in [-0.15, -0.1) is 12.4 Å². The van der Waals surface area contributed by atoms with E-state index in [0.717, 1.165) is 31.9 Å². The topological polar surface area (TPSA) is 12.5 Å². The molecule has 1 aliphatic carbocycles. The largest absolute Gasteiger partial charge is 0.493 e. The first-order chi connectivity index (χ1) is 14.7. The maximum absolute atomic E-state index is 13.5. The Hall–Kier alpha value is -1.58. The molecule has 170 valence electrons. The fourth-order valence-electron chi connectivity index (χ4n) is 5.22. The van der Waals surface area contributed by atoms with Crippen molar-refractivity contribution >= 4 is 12.4 Å². The van der Waals surface area contributed by atoms with E-state index >= 15 is 0 Å². The lowest BCUT2D eigenvalue weighted by Crippen LogP contribution is -2.42. The van der Waals surface area contributed by atoms with E-state index in [4.69, 9.17) is 4.74 Å². The van der Waals surface area contributed by atoms with E-state index in [1.807, 2.05) is 12.1 Å². The first-order valence-corrected chi connectivity index (χ1v) is 12.0. The van der Waals surface area contributed by atoms with E-state index in [0.29, 0.717) is 11.8 Å². The minimum Gasteiger partial charge on any atom is -0.493 e. The number of rotatable bonds is 8. The molecule has 0 saturated carbocycles. The van der Waals surface area contributed by atoms with Crippen molar-refractivity contribution in [3.05, 3.63) is 65.0 Å². The molecule has 0 radical (unpaired) electrons. The van der Waals surface area contributed by atoms with Crippen molar-refractivity contribution in [1.82, 2.24) is 4.90 Å². The Morgan fingerprint density at radius 2 is 1.77 bits per heavy atom. The van der Waals surface area contributed by atoms with Gasteiger partial charge in [0, 0.05) is 12.5 Å². The molecule has 1 saturated heterocycles. The van der Waals surface area contributed by atoms with E-state index < -0.39 is 0 Å². The summed E-state index contributed by atoms with van der Waals surface area (Å²) >= 11 is 0. The number of aryl methyl sites for hydroxylation is 2. The van der Waals surface area contributed by atoms with Gasteiger partial charge < -0.3 is 9.64 Å². The third kappa shape index (κ3) is 6.46. The van der Waals surface area contributed by atoms with Gasteiger partial charge in [-0.1, -0.05) is 38.0 Å². The maximum Gasteiger partial charge on any atom is 0.123 e. The summed E-state index contributed by atoms with van der Waals surface area (Å²) in [6.07, 6.45) is 9.94. The van der Waals surface area contributed by atoms with Crippen LogP contribution in [0.15, 0.2) is 42.5 Å². The Morgan fingerprint density at radius 1 is 1.00 bits per heavy atom. The molecule has 1 aliphatic heterocycles. The monoisotopic (exact) mass is 445 g/mol. The average Bonchev–Trinajstić information content (AvgIpc) is 2.78. The molecule has 0 amide bonds.